The van der Waals surface area contributed by atoms with Crippen LogP contribution in [0.4, 0.5) is 0 Å². The van der Waals surface area contributed by atoms with Gasteiger partial charge in [-0.3, -0.25) is 9.00 Å². The van der Waals surface area contributed by atoms with Gasteiger partial charge in [0, 0.05) is 10.8 Å². The minimum Gasteiger partial charge on any atom is -0.468 e. The highest BCUT2D eigenvalue weighted by Crippen LogP contribution is 2.28. The Morgan fingerprint density at radius 2 is 1.45 bits per heavy atom. The maximum Gasteiger partial charge on any atom is 0.318 e. The van der Waals surface area contributed by atoms with E-state index in [1.165, 1.54) is 7.11 Å². The number of methoxy groups -OCH3 is 1. The Balaban J connectivity index is 2.35. The van der Waals surface area contributed by atoms with Crippen LogP contribution in [0.2, 0.25) is 0 Å². The highest BCUT2D eigenvalue weighted by molar-refractivity contribution is 7.86. The van der Waals surface area contributed by atoms with Gasteiger partial charge in [0.2, 0.25) is 0 Å². The van der Waals surface area contributed by atoms with Gasteiger partial charge in [0.15, 0.2) is 0 Å². The largest absolute Gasteiger partial charge is 0.468 e. The molecule has 0 saturated carbocycles. The number of ether oxygens (including phenoxy) is 1. The summed E-state index contributed by atoms with van der Waals surface area (Å²) in [6, 6.07) is 19.1. The smallest absolute Gasteiger partial charge is 0.318 e. The van der Waals surface area contributed by atoms with Crippen LogP contribution in [0, 0.1) is 0 Å². The van der Waals surface area contributed by atoms with Crippen LogP contribution in [0.15, 0.2) is 60.7 Å². The highest BCUT2D eigenvalue weighted by atomic mass is 32.2. The summed E-state index contributed by atoms with van der Waals surface area (Å²) >= 11 is 0. The molecule has 0 saturated heterocycles. The van der Waals surface area contributed by atoms with Crippen LogP contribution in [0.25, 0.3) is 0 Å². The molecular weight excluding hydrogens is 272 g/mol. The average Bonchev–Trinajstić information content (AvgIpc) is 2.49. The number of hydrogen-bond acceptors (Lipinski definition) is 3. The fourth-order valence-electron chi connectivity index (χ4n) is 2.01. The molecule has 0 aliphatic carbocycles. The number of esters is 1. The van der Waals surface area contributed by atoms with Gasteiger partial charge < -0.3 is 4.74 Å². The Kier molecular flexibility index (Phi) is 5.07. The van der Waals surface area contributed by atoms with E-state index in [0.717, 1.165) is 11.1 Å². The van der Waals surface area contributed by atoms with Crippen molar-refractivity contribution in [3.05, 3.63) is 71.8 Å². The predicted molar refractivity (Wildman–Crippen MR) is 79.8 cm³/mol. The first-order valence-electron chi connectivity index (χ1n) is 6.26. The molecule has 4 heteroatoms. The lowest BCUT2D eigenvalue weighted by Crippen LogP contribution is -2.18. The van der Waals surface area contributed by atoms with Crippen molar-refractivity contribution < 1.29 is 13.7 Å². The lowest BCUT2D eigenvalue weighted by Gasteiger charge is -2.17. The number of hydrogen-bond donors (Lipinski definition) is 0. The lowest BCUT2D eigenvalue weighted by atomic mass is 10.0. The standard InChI is InChI=1S/C16H16O3S/c1-19-15(17)12-20(18)16(13-8-4-2-5-9-13)14-10-6-3-7-11-14/h2-11,16H,12H2,1H3. The molecule has 1 atom stereocenters. The fraction of sp³-hybridized carbons (Fsp3) is 0.188. The van der Waals surface area contributed by atoms with Gasteiger partial charge >= 0.3 is 5.97 Å². The zero-order chi connectivity index (χ0) is 14.4. The van der Waals surface area contributed by atoms with Crippen molar-refractivity contribution in [1.29, 1.82) is 0 Å². The first-order valence-corrected chi connectivity index (χ1v) is 7.64. The molecule has 0 radical (unpaired) electrons. The van der Waals surface area contributed by atoms with Gasteiger partial charge in [-0.25, -0.2) is 0 Å². The molecule has 2 rings (SSSR count). The van der Waals surface area contributed by atoms with Gasteiger partial charge in [-0.2, -0.15) is 0 Å². The summed E-state index contributed by atoms with van der Waals surface area (Å²) in [6.07, 6.45) is 0. The van der Waals surface area contributed by atoms with E-state index in [-0.39, 0.29) is 11.0 Å². The third kappa shape index (κ3) is 3.54. The molecule has 0 heterocycles. The molecule has 0 N–H and O–H groups in total. The molecule has 0 aliphatic rings. The molecule has 0 aromatic heterocycles. The van der Waals surface area contributed by atoms with Crippen LogP contribution in [-0.4, -0.2) is 23.0 Å². The third-order valence-corrected chi connectivity index (χ3v) is 4.55. The van der Waals surface area contributed by atoms with E-state index in [0.29, 0.717) is 0 Å². The van der Waals surface area contributed by atoms with E-state index >= 15 is 0 Å². The van der Waals surface area contributed by atoms with Gasteiger partial charge in [-0.1, -0.05) is 60.7 Å². The van der Waals surface area contributed by atoms with Gasteiger partial charge in [-0.15, -0.1) is 0 Å². The molecule has 2 aromatic carbocycles. The molecule has 0 aliphatic heterocycles. The lowest BCUT2D eigenvalue weighted by molar-refractivity contribution is -0.137. The quantitative estimate of drug-likeness (QED) is 0.795. The first kappa shape index (κ1) is 14.5. The van der Waals surface area contributed by atoms with Crippen LogP contribution in [0.3, 0.4) is 0 Å². The van der Waals surface area contributed by atoms with E-state index in [1.807, 2.05) is 60.7 Å². The van der Waals surface area contributed by atoms with Crippen molar-refractivity contribution in [3.8, 4) is 0 Å². The third-order valence-electron chi connectivity index (χ3n) is 2.96. The molecule has 0 fully saturated rings. The molecule has 3 nitrogen and oxygen atoms in total. The minimum atomic E-state index is -1.36. The second-order valence-corrected chi connectivity index (χ2v) is 5.82. The van der Waals surface area contributed by atoms with E-state index in [2.05, 4.69) is 4.74 Å². The maximum absolute atomic E-state index is 12.5. The number of carbonyl (C=O) groups excluding carboxylic acids is 1. The molecular formula is C16H16O3S. The summed E-state index contributed by atoms with van der Waals surface area (Å²) in [4.78, 5) is 11.4. The van der Waals surface area contributed by atoms with Crippen LogP contribution >= 0.6 is 0 Å². The van der Waals surface area contributed by atoms with Crippen molar-refractivity contribution in [3.63, 3.8) is 0 Å². The van der Waals surface area contributed by atoms with E-state index in [4.69, 9.17) is 0 Å². The van der Waals surface area contributed by atoms with Crippen LogP contribution in [0.1, 0.15) is 16.4 Å². The first-order chi connectivity index (χ1) is 9.72. The Bertz CT molecular complexity index is 542. The Labute approximate surface area is 121 Å². The highest BCUT2D eigenvalue weighted by Gasteiger charge is 2.23. The zero-order valence-electron chi connectivity index (χ0n) is 11.2. The summed E-state index contributed by atoms with van der Waals surface area (Å²) in [5, 5.41) is -0.323. The van der Waals surface area contributed by atoms with Gasteiger partial charge in [0.05, 0.1) is 12.4 Å². The summed E-state index contributed by atoms with van der Waals surface area (Å²) < 4.78 is 17.1. The van der Waals surface area contributed by atoms with Crippen molar-refractivity contribution >= 4 is 16.8 Å². The van der Waals surface area contributed by atoms with Crippen LogP contribution in [0.5, 0.6) is 0 Å². The van der Waals surface area contributed by atoms with Crippen molar-refractivity contribution in [2.45, 2.75) is 5.25 Å². The second-order valence-electron chi connectivity index (χ2n) is 4.30. The topological polar surface area (TPSA) is 43.4 Å². The molecule has 0 amide bonds. The minimum absolute atomic E-state index is 0.106. The molecule has 0 spiro atoms. The van der Waals surface area contributed by atoms with Crippen molar-refractivity contribution in [2.75, 3.05) is 12.9 Å². The molecule has 104 valence electrons. The Hall–Kier alpha value is -1.94. The molecule has 20 heavy (non-hydrogen) atoms. The Morgan fingerprint density at radius 1 is 1.00 bits per heavy atom. The monoisotopic (exact) mass is 288 g/mol. The summed E-state index contributed by atoms with van der Waals surface area (Å²) in [5.41, 5.74) is 1.86. The summed E-state index contributed by atoms with van der Waals surface area (Å²) in [5.74, 6) is -0.564. The molecule has 0 bridgehead atoms. The predicted octanol–water partition coefficient (Wildman–Crippen LogP) is 2.70. The zero-order valence-corrected chi connectivity index (χ0v) is 12.0. The number of benzene rings is 2. The normalized spacial score (nSPS) is 12.1. The number of carbonyl (C=O) groups is 1. The van der Waals surface area contributed by atoms with E-state index in [9.17, 15) is 9.00 Å². The summed E-state index contributed by atoms with van der Waals surface area (Å²) in [6.45, 7) is 0. The van der Waals surface area contributed by atoms with E-state index < -0.39 is 16.8 Å². The maximum atomic E-state index is 12.5. The fourth-order valence-corrected chi connectivity index (χ4v) is 3.45. The van der Waals surface area contributed by atoms with Gasteiger partial charge in [-0.05, 0) is 11.1 Å². The molecule has 1 unspecified atom stereocenters. The second kappa shape index (κ2) is 7.01. The van der Waals surface area contributed by atoms with Gasteiger partial charge in [0.25, 0.3) is 0 Å². The summed E-state index contributed by atoms with van der Waals surface area (Å²) in [7, 11) is -0.0591. The van der Waals surface area contributed by atoms with E-state index in [1.54, 1.807) is 0 Å². The number of rotatable bonds is 5. The SMILES string of the molecule is COC(=O)CS(=O)C(c1ccccc1)c1ccccc1. The van der Waals surface area contributed by atoms with Crippen LogP contribution in [-0.2, 0) is 20.3 Å². The van der Waals surface area contributed by atoms with Crippen molar-refractivity contribution in [1.82, 2.24) is 0 Å². The van der Waals surface area contributed by atoms with Crippen LogP contribution < -0.4 is 0 Å². The average molecular weight is 288 g/mol. The molecule has 2 aromatic rings. The van der Waals surface area contributed by atoms with Gasteiger partial charge in [0.1, 0.15) is 5.75 Å². The van der Waals surface area contributed by atoms with Crippen molar-refractivity contribution in [2.24, 2.45) is 0 Å². The Morgan fingerprint density at radius 3 is 1.85 bits per heavy atom.